The lowest BCUT2D eigenvalue weighted by Crippen LogP contribution is -2.29. The molecule has 0 radical (unpaired) electrons. The molecule has 1 aromatic heterocycles. The van der Waals surface area contributed by atoms with Crippen LogP contribution in [0.5, 0.6) is 5.75 Å². The van der Waals surface area contributed by atoms with E-state index in [0.29, 0.717) is 24.5 Å². The maximum Gasteiger partial charge on any atom is 0.265 e. The third kappa shape index (κ3) is 2.62. The number of hydrogen-bond donors (Lipinski definition) is 0. The average Bonchev–Trinajstić information content (AvgIpc) is 3.03. The van der Waals surface area contributed by atoms with Gasteiger partial charge in [-0.25, -0.2) is 17.7 Å². The largest absolute Gasteiger partial charge is 0.497 e. The number of fused-ring (bicyclic) bond motifs is 2. The second kappa shape index (κ2) is 5.74. The van der Waals surface area contributed by atoms with Gasteiger partial charge in [0.25, 0.3) is 10.0 Å². The lowest BCUT2D eigenvalue weighted by Gasteiger charge is -2.19. The Balaban J connectivity index is 1.80. The molecule has 0 saturated heterocycles. The van der Waals surface area contributed by atoms with Crippen molar-refractivity contribution in [2.45, 2.75) is 18.2 Å². The van der Waals surface area contributed by atoms with Crippen LogP contribution in [0.25, 0.3) is 10.9 Å². The highest BCUT2D eigenvalue weighted by Crippen LogP contribution is 2.34. The number of hydrogen-bond acceptors (Lipinski definition) is 4. The molecule has 1 aliphatic rings. The first-order valence-electron chi connectivity index (χ1n) is 8.06. The van der Waals surface area contributed by atoms with E-state index < -0.39 is 10.0 Å². The fourth-order valence-corrected chi connectivity index (χ4v) is 4.60. The first-order chi connectivity index (χ1) is 12.0. The summed E-state index contributed by atoms with van der Waals surface area (Å²) in [4.78, 5) is 4.89. The summed E-state index contributed by atoms with van der Waals surface area (Å²) in [6, 6.07) is 14.5. The van der Waals surface area contributed by atoms with Crippen LogP contribution in [0.15, 0.2) is 53.4 Å². The summed E-state index contributed by atoms with van der Waals surface area (Å²) in [6.45, 7) is 2.41. The van der Waals surface area contributed by atoms with Crippen LogP contribution >= 0.6 is 0 Å². The molecule has 0 N–H and O–H groups in total. The molecule has 128 valence electrons. The fraction of sp³-hybridized carbons (Fsp3) is 0.211. The van der Waals surface area contributed by atoms with Gasteiger partial charge in [0.1, 0.15) is 11.6 Å². The average molecular weight is 354 g/mol. The monoisotopic (exact) mass is 354 g/mol. The molecule has 25 heavy (non-hydrogen) atoms. The number of methoxy groups -OCH3 is 1. The van der Waals surface area contributed by atoms with Crippen LogP contribution in [-0.4, -0.2) is 27.1 Å². The van der Waals surface area contributed by atoms with Crippen molar-refractivity contribution in [3.63, 3.8) is 0 Å². The molecule has 0 bridgehead atoms. The highest BCUT2D eigenvalue weighted by atomic mass is 32.2. The van der Waals surface area contributed by atoms with Crippen LogP contribution in [0.1, 0.15) is 11.1 Å². The predicted molar refractivity (Wildman–Crippen MR) is 97.7 cm³/mol. The molecule has 2 heterocycles. The number of nitrogens with zero attached hydrogens (tertiary/aromatic N) is 2. The Hall–Kier alpha value is -2.60. The third-order valence-electron chi connectivity index (χ3n) is 4.50. The van der Waals surface area contributed by atoms with Crippen molar-refractivity contribution < 1.29 is 13.2 Å². The summed E-state index contributed by atoms with van der Waals surface area (Å²) in [6.07, 6.45) is 0.668. The van der Waals surface area contributed by atoms with Gasteiger partial charge in [0.2, 0.25) is 0 Å². The lowest BCUT2D eigenvalue weighted by atomic mass is 10.1. The van der Waals surface area contributed by atoms with Crippen molar-refractivity contribution in [2.24, 2.45) is 0 Å². The van der Waals surface area contributed by atoms with Crippen LogP contribution in [0.3, 0.4) is 0 Å². The number of ether oxygens (including phenoxy) is 1. The summed E-state index contributed by atoms with van der Waals surface area (Å²) in [5.74, 6) is 1.16. The molecule has 5 nitrogen and oxygen atoms in total. The SMILES string of the molecule is COc1ccc(S(=O)(=O)N2CCc3cc4ccc(C)cc4nc32)cc1. The molecule has 0 amide bonds. The van der Waals surface area contributed by atoms with Gasteiger partial charge in [-0.3, -0.25) is 0 Å². The zero-order chi connectivity index (χ0) is 17.6. The molecule has 3 aromatic rings. The number of sulfonamides is 1. The summed E-state index contributed by atoms with van der Waals surface area (Å²) in [5, 5.41) is 1.04. The smallest absolute Gasteiger partial charge is 0.265 e. The van der Waals surface area contributed by atoms with E-state index in [1.807, 2.05) is 31.2 Å². The molecular weight excluding hydrogens is 336 g/mol. The van der Waals surface area contributed by atoms with E-state index in [0.717, 1.165) is 22.0 Å². The molecule has 0 unspecified atom stereocenters. The van der Waals surface area contributed by atoms with E-state index in [9.17, 15) is 8.42 Å². The van der Waals surface area contributed by atoms with E-state index >= 15 is 0 Å². The minimum atomic E-state index is -3.64. The van der Waals surface area contributed by atoms with Crippen LogP contribution in [0.4, 0.5) is 5.82 Å². The van der Waals surface area contributed by atoms with Gasteiger partial charge in [0, 0.05) is 11.9 Å². The van der Waals surface area contributed by atoms with Gasteiger partial charge in [-0.2, -0.15) is 0 Å². The van der Waals surface area contributed by atoms with E-state index in [1.54, 1.807) is 31.4 Å². The molecule has 0 fully saturated rings. The normalized spacial score (nSPS) is 13.9. The molecule has 6 heteroatoms. The second-order valence-electron chi connectivity index (χ2n) is 6.17. The van der Waals surface area contributed by atoms with Crippen molar-refractivity contribution >= 4 is 26.7 Å². The number of benzene rings is 2. The fourth-order valence-electron chi connectivity index (χ4n) is 3.15. The number of aryl methyl sites for hydroxylation is 1. The van der Waals surface area contributed by atoms with Crippen molar-refractivity contribution in [3.8, 4) is 5.75 Å². The van der Waals surface area contributed by atoms with Gasteiger partial charge >= 0.3 is 0 Å². The quantitative estimate of drug-likeness (QED) is 0.724. The van der Waals surface area contributed by atoms with E-state index in [4.69, 9.17) is 4.74 Å². The summed E-state index contributed by atoms with van der Waals surface area (Å²) in [7, 11) is -2.09. The third-order valence-corrected chi connectivity index (χ3v) is 6.30. The number of rotatable bonds is 3. The van der Waals surface area contributed by atoms with Crippen molar-refractivity contribution in [3.05, 3.63) is 59.7 Å². The molecule has 0 saturated carbocycles. The highest BCUT2D eigenvalue weighted by Gasteiger charge is 2.32. The Morgan fingerprint density at radius 3 is 2.56 bits per heavy atom. The summed E-state index contributed by atoms with van der Waals surface area (Å²) >= 11 is 0. The highest BCUT2D eigenvalue weighted by molar-refractivity contribution is 7.92. The van der Waals surface area contributed by atoms with E-state index in [2.05, 4.69) is 4.98 Å². The Labute approximate surface area is 146 Å². The molecule has 4 rings (SSSR count). The number of pyridine rings is 1. The molecular formula is C19H18N2O3S. The van der Waals surface area contributed by atoms with Gasteiger partial charge in [0.05, 0.1) is 17.5 Å². The standard InChI is InChI=1S/C19H18N2O3S/c1-13-3-4-14-12-15-9-10-21(19(15)20-18(14)11-13)25(22,23)17-7-5-16(24-2)6-8-17/h3-8,11-12H,9-10H2,1-2H3. The van der Waals surface area contributed by atoms with Crippen molar-refractivity contribution in [2.75, 3.05) is 18.0 Å². The maximum absolute atomic E-state index is 13.0. The van der Waals surface area contributed by atoms with Gasteiger partial charge < -0.3 is 4.74 Å². The van der Waals surface area contributed by atoms with Crippen LogP contribution < -0.4 is 9.04 Å². The molecule has 2 aromatic carbocycles. The van der Waals surface area contributed by atoms with Gasteiger partial charge in [0.15, 0.2) is 0 Å². The Kier molecular flexibility index (Phi) is 3.65. The van der Waals surface area contributed by atoms with Crippen molar-refractivity contribution in [1.82, 2.24) is 4.98 Å². The van der Waals surface area contributed by atoms with Gasteiger partial charge in [-0.1, -0.05) is 12.1 Å². The first-order valence-corrected chi connectivity index (χ1v) is 9.50. The predicted octanol–water partition coefficient (Wildman–Crippen LogP) is 3.30. The Bertz CT molecular complexity index is 1060. The minimum Gasteiger partial charge on any atom is -0.497 e. The lowest BCUT2D eigenvalue weighted by molar-refractivity contribution is 0.414. The van der Waals surface area contributed by atoms with Crippen LogP contribution in [-0.2, 0) is 16.4 Å². The molecule has 0 aliphatic carbocycles. The van der Waals surface area contributed by atoms with Gasteiger partial charge in [-0.15, -0.1) is 0 Å². The first kappa shape index (κ1) is 15.9. The second-order valence-corrected chi connectivity index (χ2v) is 8.03. The summed E-state index contributed by atoms with van der Waals surface area (Å²) < 4.78 is 32.6. The maximum atomic E-state index is 13.0. The van der Waals surface area contributed by atoms with E-state index in [1.165, 1.54) is 4.31 Å². The topological polar surface area (TPSA) is 59.5 Å². The van der Waals surface area contributed by atoms with Crippen LogP contribution in [0, 0.1) is 6.92 Å². The van der Waals surface area contributed by atoms with Crippen molar-refractivity contribution in [1.29, 1.82) is 0 Å². The number of anilines is 1. The Morgan fingerprint density at radius 1 is 1.08 bits per heavy atom. The van der Waals surface area contributed by atoms with Gasteiger partial charge in [-0.05, 0) is 60.9 Å². The van der Waals surface area contributed by atoms with Crippen LogP contribution in [0.2, 0.25) is 0 Å². The zero-order valence-electron chi connectivity index (χ0n) is 14.1. The summed E-state index contributed by atoms with van der Waals surface area (Å²) in [5.41, 5.74) is 2.88. The number of aromatic nitrogens is 1. The molecule has 0 spiro atoms. The van der Waals surface area contributed by atoms with E-state index in [-0.39, 0.29) is 4.90 Å². The zero-order valence-corrected chi connectivity index (χ0v) is 14.9. The minimum absolute atomic E-state index is 0.243. The molecule has 1 aliphatic heterocycles. The Morgan fingerprint density at radius 2 is 1.84 bits per heavy atom. The molecule has 0 atom stereocenters.